The molecule has 8 heteroatoms. The number of thiocarbonyl (C=S) groups is 1. The number of ether oxygens (including phenoxy) is 1. The molecular weight excluding hydrogens is 360 g/mol. The molecule has 2 heterocycles. The van der Waals surface area contributed by atoms with Gasteiger partial charge in [0, 0.05) is 6.42 Å². The molecule has 1 fully saturated rings. The zero-order valence-electron chi connectivity index (χ0n) is 13.4. The molecule has 3 rings (SSSR count). The Balaban J connectivity index is 1.62. The highest BCUT2D eigenvalue weighted by molar-refractivity contribution is 8.24. The number of methoxy groups -OCH3 is 1. The summed E-state index contributed by atoms with van der Waals surface area (Å²) in [5.41, 5.74) is 0.570. The number of amides is 2. The van der Waals surface area contributed by atoms with Crippen molar-refractivity contribution in [2.45, 2.75) is 18.2 Å². The maximum Gasteiger partial charge on any atom is 0.242 e. The monoisotopic (exact) mass is 376 g/mol. The first-order chi connectivity index (χ1) is 12.1. The summed E-state index contributed by atoms with van der Waals surface area (Å²) in [6, 6.07) is 10.6. The minimum absolute atomic E-state index is 0.0380. The predicted molar refractivity (Wildman–Crippen MR) is 99.5 cm³/mol. The number of hydrogen-bond acceptors (Lipinski definition) is 6. The van der Waals surface area contributed by atoms with Gasteiger partial charge < -0.3 is 14.5 Å². The standard InChI is InChI=1S/C17H16N2O4S2/c1-22-13-7-3-2-6-12(13)18-15(20)9-14-16(21)19(17(24)25-14)10-11-5-4-8-23-11/h2-8,14H,9-10H2,1H3,(H,18,20). The van der Waals surface area contributed by atoms with Crippen molar-refractivity contribution in [3.8, 4) is 5.75 Å². The number of thioether (sulfide) groups is 1. The van der Waals surface area contributed by atoms with Crippen LogP contribution in [0.2, 0.25) is 0 Å². The Morgan fingerprint density at radius 1 is 1.36 bits per heavy atom. The van der Waals surface area contributed by atoms with Crippen molar-refractivity contribution >= 4 is 45.8 Å². The second-order valence-corrected chi connectivity index (χ2v) is 7.17. The van der Waals surface area contributed by atoms with Crippen LogP contribution in [0.3, 0.4) is 0 Å². The van der Waals surface area contributed by atoms with Crippen LogP contribution >= 0.6 is 24.0 Å². The third kappa shape index (κ3) is 4.02. The molecule has 1 N–H and O–H groups in total. The molecule has 1 aromatic carbocycles. The highest BCUT2D eigenvalue weighted by atomic mass is 32.2. The molecule has 1 atom stereocenters. The number of rotatable bonds is 6. The summed E-state index contributed by atoms with van der Waals surface area (Å²) in [5.74, 6) is 0.770. The van der Waals surface area contributed by atoms with Crippen LogP contribution < -0.4 is 10.1 Å². The lowest BCUT2D eigenvalue weighted by atomic mass is 10.2. The molecule has 1 unspecified atom stereocenters. The molecule has 0 saturated carbocycles. The van der Waals surface area contributed by atoms with Gasteiger partial charge in [-0.05, 0) is 24.3 Å². The molecule has 1 aliphatic rings. The van der Waals surface area contributed by atoms with Gasteiger partial charge in [0.2, 0.25) is 11.8 Å². The van der Waals surface area contributed by atoms with Gasteiger partial charge in [-0.1, -0.05) is 36.1 Å². The first kappa shape index (κ1) is 17.5. The second kappa shape index (κ2) is 7.71. The number of hydrogen-bond donors (Lipinski definition) is 1. The van der Waals surface area contributed by atoms with Gasteiger partial charge in [0.05, 0.1) is 30.9 Å². The van der Waals surface area contributed by atoms with Gasteiger partial charge in [-0.2, -0.15) is 0 Å². The van der Waals surface area contributed by atoms with Crippen LogP contribution in [-0.4, -0.2) is 33.4 Å². The Hall–Kier alpha value is -2.32. The fourth-order valence-electron chi connectivity index (χ4n) is 2.45. The molecule has 0 spiro atoms. The number of nitrogens with one attached hydrogen (secondary N) is 1. The number of carbonyl (C=O) groups excluding carboxylic acids is 2. The van der Waals surface area contributed by atoms with Crippen LogP contribution in [0, 0.1) is 0 Å². The largest absolute Gasteiger partial charge is 0.495 e. The zero-order chi connectivity index (χ0) is 17.8. The Labute approximate surface area is 154 Å². The highest BCUT2D eigenvalue weighted by Crippen LogP contribution is 2.31. The van der Waals surface area contributed by atoms with Gasteiger partial charge in [-0.3, -0.25) is 14.5 Å². The summed E-state index contributed by atoms with van der Waals surface area (Å²) in [6.45, 7) is 0.280. The molecule has 0 bridgehead atoms. The van der Waals surface area contributed by atoms with E-state index in [2.05, 4.69) is 5.32 Å². The van der Waals surface area contributed by atoms with E-state index >= 15 is 0 Å². The van der Waals surface area contributed by atoms with Crippen LogP contribution in [0.5, 0.6) is 5.75 Å². The van der Waals surface area contributed by atoms with Gasteiger partial charge in [-0.15, -0.1) is 0 Å². The summed E-state index contributed by atoms with van der Waals surface area (Å²) in [7, 11) is 1.53. The van der Waals surface area contributed by atoms with Crippen LogP contribution in [0.1, 0.15) is 12.2 Å². The number of para-hydroxylation sites is 2. The van der Waals surface area contributed by atoms with E-state index < -0.39 is 5.25 Å². The number of benzene rings is 1. The van der Waals surface area contributed by atoms with Crippen LogP contribution in [0.4, 0.5) is 5.69 Å². The van der Waals surface area contributed by atoms with Crippen molar-refractivity contribution in [3.05, 3.63) is 48.4 Å². The topological polar surface area (TPSA) is 71.8 Å². The second-order valence-electron chi connectivity index (χ2n) is 5.33. The fraction of sp³-hybridized carbons (Fsp3) is 0.235. The van der Waals surface area contributed by atoms with Crippen LogP contribution in [-0.2, 0) is 16.1 Å². The van der Waals surface area contributed by atoms with E-state index in [4.69, 9.17) is 21.4 Å². The number of anilines is 1. The van der Waals surface area contributed by atoms with E-state index in [1.165, 1.54) is 23.8 Å². The predicted octanol–water partition coefficient (Wildman–Crippen LogP) is 3.05. The van der Waals surface area contributed by atoms with E-state index in [0.29, 0.717) is 21.5 Å². The lowest BCUT2D eigenvalue weighted by molar-refractivity contribution is -0.128. The number of carbonyl (C=O) groups is 2. The Morgan fingerprint density at radius 2 is 2.16 bits per heavy atom. The van der Waals surface area contributed by atoms with Gasteiger partial charge in [0.15, 0.2) is 0 Å². The normalized spacial score (nSPS) is 17.0. The smallest absolute Gasteiger partial charge is 0.242 e. The molecule has 0 aliphatic carbocycles. The summed E-state index contributed by atoms with van der Waals surface area (Å²) >= 11 is 6.49. The molecule has 2 amide bonds. The maximum atomic E-state index is 12.5. The van der Waals surface area contributed by atoms with Crippen LogP contribution in [0.15, 0.2) is 47.1 Å². The zero-order valence-corrected chi connectivity index (χ0v) is 15.1. The van der Waals surface area contributed by atoms with Gasteiger partial charge in [0.25, 0.3) is 0 Å². The maximum absolute atomic E-state index is 12.5. The van der Waals surface area contributed by atoms with Crippen molar-refractivity contribution < 1.29 is 18.7 Å². The third-order valence-corrected chi connectivity index (χ3v) is 5.23. The van der Waals surface area contributed by atoms with Crippen molar-refractivity contribution in [3.63, 3.8) is 0 Å². The molecule has 2 aromatic rings. The van der Waals surface area contributed by atoms with Crippen LogP contribution in [0.25, 0.3) is 0 Å². The quantitative estimate of drug-likeness (QED) is 0.782. The Kier molecular flexibility index (Phi) is 5.40. The summed E-state index contributed by atoms with van der Waals surface area (Å²) < 4.78 is 10.9. The van der Waals surface area contributed by atoms with Crippen molar-refractivity contribution in [1.29, 1.82) is 0 Å². The molecular formula is C17H16N2O4S2. The Morgan fingerprint density at radius 3 is 2.88 bits per heavy atom. The minimum Gasteiger partial charge on any atom is -0.495 e. The average Bonchev–Trinajstić information content (AvgIpc) is 3.20. The number of nitrogens with zero attached hydrogens (tertiary/aromatic N) is 1. The first-order valence-electron chi connectivity index (χ1n) is 7.55. The number of furan rings is 1. The SMILES string of the molecule is COc1ccccc1NC(=O)CC1SC(=S)N(Cc2ccco2)C1=O. The molecule has 1 saturated heterocycles. The first-order valence-corrected chi connectivity index (χ1v) is 8.84. The molecule has 6 nitrogen and oxygen atoms in total. The van der Waals surface area contributed by atoms with E-state index in [1.807, 2.05) is 6.07 Å². The third-order valence-electron chi connectivity index (χ3n) is 3.65. The van der Waals surface area contributed by atoms with Gasteiger partial charge in [-0.25, -0.2) is 0 Å². The molecule has 1 aromatic heterocycles. The summed E-state index contributed by atoms with van der Waals surface area (Å²) in [5, 5.41) is 2.24. The average molecular weight is 376 g/mol. The van der Waals surface area contributed by atoms with Crippen molar-refractivity contribution in [2.24, 2.45) is 0 Å². The summed E-state index contributed by atoms with van der Waals surface area (Å²) in [4.78, 5) is 26.3. The lowest BCUT2D eigenvalue weighted by Crippen LogP contribution is -2.32. The fourth-order valence-corrected chi connectivity index (χ4v) is 3.94. The molecule has 25 heavy (non-hydrogen) atoms. The highest BCUT2D eigenvalue weighted by Gasteiger charge is 2.38. The summed E-state index contributed by atoms with van der Waals surface area (Å²) in [6.07, 6.45) is 1.58. The molecule has 1 aliphatic heterocycles. The van der Waals surface area contributed by atoms with Crippen molar-refractivity contribution in [1.82, 2.24) is 4.90 Å². The molecule has 0 radical (unpaired) electrons. The van der Waals surface area contributed by atoms with Gasteiger partial charge >= 0.3 is 0 Å². The minimum atomic E-state index is -0.530. The molecule has 130 valence electrons. The van der Waals surface area contributed by atoms with Crippen molar-refractivity contribution in [2.75, 3.05) is 12.4 Å². The van der Waals surface area contributed by atoms with Gasteiger partial charge in [0.1, 0.15) is 15.8 Å². The Bertz CT molecular complexity index is 792. The van der Waals surface area contributed by atoms with E-state index in [9.17, 15) is 9.59 Å². The van der Waals surface area contributed by atoms with E-state index in [1.54, 1.807) is 36.6 Å². The van der Waals surface area contributed by atoms with E-state index in [0.717, 1.165) is 0 Å². The van der Waals surface area contributed by atoms with E-state index in [-0.39, 0.29) is 24.8 Å². The lowest BCUT2D eigenvalue weighted by Gasteiger charge is -2.14.